The molecule has 0 aromatic rings. The summed E-state index contributed by atoms with van der Waals surface area (Å²) in [5, 5.41) is 0. The number of rotatable bonds is 3. The van der Waals surface area contributed by atoms with E-state index in [1.54, 1.807) is 0 Å². The van der Waals surface area contributed by atoms with Crippen LogP contribution < -0.4 is 5.73 Å². The Morgan fingerprint density at radius 2 is 1.91 bits per heavy atom. The van der Waals surface area contributed by atoms with Crippen LogP contribution in [-0.4, -0.2) is 6.54 Å². The van der Waals surface area contributed by atoms with Crippen LogP contribution in [0.25, 0.3) is 0 Å². The summed E-state index contributed by atoms with van der Waals surface area (Å²) < 4.78 is 0. The van der Waals surface area contributed by atoms with E-state index >= 15 is 0 Å². The monoisotopic (exact) mass is 155 g/mol. The van der Waals surface area contributed by atoms with Gasteiger partial charge in [0.25, 0.3) is 0 Å². The molecule has 0 spiro atoms. The molecule has 0 heterocycles. The summed E-state index contributed by atoms with van der Waals surface area (Å²) >= 11 is 0. The van der Waals surface area contributed by atoms with Crippen molar-refractivity contribution in [1.82, 2.24) is 0 Å². The van der Waals surface area contributed by atoms with Crippen LogP contribution >= 0.6 is 0 Å². The summed E-state index contributed by atoms with van der Waals surface area (Å²) in [7, 11) is 0. The van der Waals surface area contributed by atoms with Crippen molar-refractivity contribution in [2.24, 2.45) is 17.6 Å². The van der Waals surface area contributed by atoms with Crippen molar-refractivity contribution in [3.8, 4) is 0 Å². The second-order valence-corrected chi connectivity index (χ2v) is 3.80. The van der Waals surface area contributed by atoms with Gasteiger partial charge in [0.15, 0.2) is 0 Å². The zero-order valence-corrected chi connectivity index (χ0v) is 7.68. The average Bonchev–Trinajstić information content (AvgIpc) is 2.09. The highest BCUT2D eigenvalue weighted by atomic mass is 14.6. The maximum atomic E-state index is 5.71. The van der Waals surface area contributed by atoms with Crippen molar-refractivity contribution in [2.45, 2.75) is 45.4 Å². The summed E-state index contributed by atoms with van der Waals surface area (Å²) in [6.45, 7) is 3.17. The third-order valence-electron chi connectivity index (χ3n) is 3.14. The van der Waals surface area contributed by atoms with Crippen LogP contribution in [0, 0.1) is 11.8 Å². The molecule has 1 rings (SSSR count). The van der Waals surface area contributed by atoms with E-state index in [0.29, 0.717) is 0 Å². The van der Waals surface area contributed by atoms with E-state index < -0.39 is 0 Å². The van der Waals surface area contributed by atoms with Gasteiger partial charge < -0.3 is 5.73 Å². The molecule has 1 aliphatic carbocycles. The van der Waals surface area contributed by atoms with Crippen molar-refractivity contribution in [2.75, 3.05) is 6.54 Å². The summed E-state index contributed by atoms with van der Waals surface area (Å²) in [4.78, 5) is 0. The summed E-state index contributed by atoms with van der Waals surface area (Å²) in [5.41, 5.74) is 5.71. The predicted molar refractivity (Wildman–Crippen MR) is 49.4 cm³/mol. The lowest BCUT2D eigenvalue weighted by molar-refractivity contribution is 0.247. The molecule has 1 nitrogen and oxygen atoms in total. The molecule has 1 heteroatoms. The van der Waals surface area contributed by atoms with E-state index in [2.05, 4.69) is 6.92 Å². The van der Waals surface area contributed by atoms with Gasteiger partial charge in [0.05, 0.1) is 0 Å². The highest BCUT2D eigenvalue weighted by Gasteiger charge is 2.20. The molecule has 0 radical (unpaired) electrons. The summed E-state index contributed by atoms with van der Waals surface area (Å²) in [6, 6.07) is 0. The van der Waals surface area contributed by atoms with Crippen molar-refractivity contribution in [3.05, 3.63) is 0 Å². The van der Waals surface area contributed by atoms with Gasteiger partial charge in [-0.1, -0.05) is 45.4 Å². The van der Waals surface area contributed by atoms with Gasteiger partial charge >= 0.3 is 0 Å². The van der Waals surface area contributed by atoms with Gasteiger partial charge in [-0.2, -0.15) is 0 Å². The lowest BCUT2D eigenvalue weighted by Crippen LogP contribution is -2.24. The molecule has 0 bridgehead atoms. The Morgan fingerprint density at radius 3 is 2.36 bits per heavy atom. The van der Waals surface area contributed by atoms with Crippen molar-refractivity contribution >= 4 is 0 Å². The largest absolute Gasteiger partial charge is 0.330 e. The van der Waals surface area contributed by atoms with E-state index in [4.69, 9.17) is 5.73 Å². The van der Waals surface area contributed by atoms with Gasteiger partial charge in [-0.3, -0.25) is 0 Å². The van der Waals surface area contributed by atoms with Crippen LogP contribution in [0.2, 0.25) is 0 Å². The molecule has 1 atom stereocenters. The van der Waals surface area contributed by atoms with Gasteiger partial charge in [-0.05, 0) is 18.4 Å². The second kappa shape index (κ2) is 4.76. The first kappa shape index (κ1) is 9.05. The first-order valence-electron chi connectivity index (χ1n) is 5.08. The van der Waals surface area contributed by atoms with Crippen molar-refractivity contribution in [3.63, 3.8) is 0 Å². The lowest BCUT2D eigenvalue weighted by Gasteiger charge is -2.28. The fourth-order valence-electron chi connectivity index (χ4n) is 2.30. The van der Waals surface area contributed by atoms with E-state index in [-0.39, 0.29) is 0 Å². The fourth-order valence-corrected chi connectivity index (χ4v) is 2.30. The van der Waals surface area contributed by atoms with Gasteiger partial charge in [-0.25, -0.2) is 0 Å². The fraction of sp³-hybridized carbons (Fsp3) is 1.00. The van der Waals surface area contributed by atoms with E-state index in [0.717, 1.165) is 18.4 Å². The van der Waals surface area contributed by atoms with Gasteiger partial charge in [0.1, 0.15) is 0 Å². The Labute approximate surface area is 70.4 Å². The summed E-state index contributed by atoms with van der Waals surface area (Å²) in [6.07, 6.45) is 8.51. The van der Waals surface area contributed by atoms with Crippen LogP contribution in [-0.2, 0) is 0 Å². The van der Waals surface area contributed by atoms with Crippen molar-refractivity contribution < 1.29 is 0 Å². The molecule has 11 heavy (non-hydrogen) atoms. The molecule has 1 fully saturated rings. The van der Waals surface area contributed by atoms with Gasteiger partial charge in [0, 0.05) is 0 Å². The van der Waals surface area contributed by atoms with Gasteiger partial charge in [-0.15, -0.1) is 0 Å². The number of hydrogen-bond acceptors (Lipinski definition) is 1. The van der Waals surface area contributed by atoms with Crippen LogP contribution in [0.3, 0.4) is 0 Å². The molecule has 2 N–H and O–H groups in total. The Morgan fingerprint density at radius 1 is 1.27 bits per heavy atom. The topological polar surface area (TPSA) is 26.0 Å². The maximum Gasteiger partial charge on any atom is -0.00463 e. The van der Waals surface area contributed by atoms with E-state index in [9.17, 15) is 0 Å². The third-order valence-corrected chi connectivity index (χ3v) is 3.14. The molecule has 0 aromatic heterocycles. The molecular weight excluding hydrogens is 134 g/mol. The molecule has 1 saturated carbocycles. The van der Waals surface area contributed by atoms with Crippen LogP contribution in [0.5, 0.6) is 0 Å². The Kier molecular flexibility index (Phi) is 3.92. The van der Waals surface area contributed by atoms with Crippen molar-refractivity contribution in [1.29, 1.82) is 0 Å². The van der Waals surface area contributed by atoms with Crippen LogP contribution in [0.4, 0.5) is 0 Å². The zero-order valence-electron chi connectivity index (χ0n) is 7.68. The number of nitrogens with two attached hydrogens (primary N) is 1. The Balaban J connectivity index is 2.30. The molecule has 0 amide bonds. The molecular formula is C10H21N. The first-order valence-corrected chi connectivity index (χ1v) is 5.08. The lowest BCUT2D eigenvalue weighted by atomic mass is 9.79. The van der Waals surface area contributed by atoms with Crippen LogP contribution in [0.15, 0.2) is 0 Å². The smallest absolute Gasteiger partial charge is 0.00463 e. The minimum Gasteiger partial charge on any atom is -0.330 e. The first-order chi connectivity index (χ1) is 5.38. The molecule has 0 aromatic carbocycles. The minimum atomic E-state index is 0.815. The maximum absolute atomic E-state index is 5.71. The molecule has 0 saturated heterocycles. The van der Waals surface area contributed by atoms with E-state index in [1.165, 1.54) is 38.5 Å². The Hall–Kier alpha value is -0.0400. The standard InChI is InChI=1S/C10H21N/c1-2-9(8-11)10-6-4-3-5-7-10/h9-10H,2-8,11H2,1H3/t9-/m0/s1. The highest BCUT2D eigenvalue weighted by Crippen LogP contribution is 2.30. The summed E-state index contributed by atoms with van der Waals surface area (Å²) in [5.74, 6) is 1.77. The highest BCUT2D eigenvalue weighted by molar-refractivity contribution is 4.73. The Bertz CT molecular complexity index is 91.0. The molecule has 0 unspecified atom stereocenters. The average molecular weight is 155 g/mol. The number of hydrogen-bond donors (Lipinski definition) is 1. The van der Waals surface area contributed by atoms with Crippen LogP contribution in [0.1, 0.15) is 45.4 Å². The van der Waals surface area contributed by atoms with Gasteiger partial charge in [0.2, 0.25) is 0 Å². The third kappa shape index (κ3) is 2.48. The van der Waals surface area contributed by atoms with E-state index in [1.807, 2.05) is 0 Å². The molecule has 66 valence electrons. The molecule has 0 aliphatic heterocycles. The molecule has 1 aliphatic rings. The SMILES string of the molecule is CC[C@@H](CN)C1CCCCC1. The minimum absolute atomic E-state index is 0.815. The zero-order chi connectivity index (χ0) is 8.10. The second-order valence-electron chi connectivity index (χ2n) is 3.80. The predicted octanol–water partition coefficient (Wildman–Crippen LogP) is 2.55. The quantitative estimate of drug-likeness (QED) is 0.666. The normalized spacial score (nSPS) is 23.5.